The average molecular weight is 422 g/mol. The molecule has 164 valence electrons. The van der Waals surface area contributed by atoms with Gasteiger partial charge in [-0.15, -0.1) is 0 Å². The number of nitrogens with zero attached hydrogens (tertiary/aromatic N) is 5. The van der Waals surface area contributed by atoms with Crippen LogP contribution in [0, 0.1) is 11.8 Å². The molecule has 3 aromatic rings. The molecule has 0 aliphatic carbocycles. The molecule has 2 aromatic heterocycles. The van der Waals surface area contributed by atoms with Crippen LogP contribution >= 0.6 is 0 Å². The summed E-state index contributed by atoms with van der Waals surface area (Å²) < 4.78 is 4.61. The second-order valence-corrected chi connectivity index (χ2v) is 8.97. The molecule has 1 aromatic carbocycles. The number of likely N-dealkylation sites (tertiary alicyclic amines) is 1. The van der Waals surface area contributed by atoms with Crippen LogP contribution in [-0.4, -0.2) is 36.7 Å². The number of benzene rings is 1. The van der Waals surface area contributed by atoms with Crippen molar-refractivity contribution in [2.75, 3.05) is 13.1 Å². The summed E-state index contributed by atoms with van der Waals surface area (Å²) in [6.07, 6.45) is 5.33. The van der Waals surface area contributed by atoms with E-state index in [-0.39, 0.29) is 11.2 Å². The second kappa shape index (κ2) is 8.67. The quantitative estimate of drug-likeness (QED) is 0.635. The van der Waals surface area contributed by atoms with Crippen molar-refractivity contribution in [1.29, 1.82) is 0 Å². The highest BCUT2D eigenvalue weighted by Gasteiger charge is 2.25. The minimum Gasteiger partial charge on any atom is -0.317 e. The third kappa shape index (κ3) is 4.28. The van der Waals surface area contributed by atoms with E-state index >= 15 is 0 Å². The molecule has 1 aliphatic rings. The zero-order valence-corrected chi connectivity index (χ0v) is 18.8. The lowest BCUT2D eigenvalue weighted by atomic mass is 9.92. The Morgan fingerprint density at radius 1 is 1.03 bits per heavy atom. The lowest BCUT2D eigenvalue weighted by molar-refractivity contribution is 0.130. The Hall–Kier alpha value is -2.93. The van der Waals surface area contributed by atoms with E-state index in [9.17, 15) is 9.59 Å². The first-order chi connectivity index (χ1) is 14.8. The highest BCUT2D eigenvalue weighted by Crippen LogP contribution is 2.23. The van der Waals surface area contributed by atoms with Gasteiger partial charge in [-0.1, -0.05) is 56.3 Å². The van der Waals surface area contributed by atoms with E-state index in [0.29, 0.717) is 36.1 Å². The average Bonchev–Trinajstić information content (AvgIpc) is 3.09. The number of hydrogen-bond acceptors (Lipinski definition) is 4. The Labute approximate surface area is 182 Å². The van der Waals surface area contributed by atoms with Gasteiger partial charge in [0.05, 0.1) is 6.54 Å². The fourth-order valence-corrected chi connectivity index (χ4v) is 4.79. The molecule has 0 N–H and O–H groups in total. The third-order valence-corrected chi connectivity index (χ3v) is 6.13. The van der Waals surface area contributed by atoms with Gasteiger partial charge >= 0.3 is 5.69 Å². The van der Waals surface area contributed by atoms with Crippen LogP contribution in [0.15, 0.2) is 46.0 Å². The predicted molar refractivity (Wildman–Crippen MR) is 124 cm³/mol. The molecule has 7 heteroatoms. The van der Waals surface area contributed by atoms with E-state index < -0.39 is 0 Å². The largest absolute Gasteiger partial charge is 0.332 e. The lowest BCUT2D eigenvalue weighted by Gasteiger charge is -2.34. The SMILES string of the molecule is CC1CC(C)CN(Cc2nc3c(c(=O)n(C)c(=O)n3C)n2C/C=C/c2ccccc2)C1. The highest BCUT2D eigenvalue weighted by atomic mass is 16.2. The van der Waals surface area contributed by atoms with Crippen molar-refractivity contribution >= 4 is 17.2 Å². The van der Waals surface area contributed by atoms with Crippen LogP contribution in [0.5, 0.6) is 0 Å². The lowest BCUT2D eigenvalue weighted by Crippen LogP contribution is -2.39. The summed E-state index contributed by atoms with van der Waals surface area (Å²) in [5, 5.41) is 0. The van der Waals surface area contributed by atoms with Gasteiger partial charge in [-0.05, 0) is 23.8 Å². The van der Waals surface area contributed by atoms with E-state index in [2.05, 4.69) is 18.7 Å². The van der Waals surface area contributed by atoms with Crippen LogP contribution in [0.3, 0.4) is 0 Å². The number of fused-ring (bicyclic) bond motifs is 1. The number of piperidine rings is 1. The number of aryl methyl sites for hydroxylation is 1. The smallest absolute Gasteiger partial charge is 0.317 e. The normalized spacial score (nSPS) is 20.1. The molecule has 1 saturated heterocycles. The predicted octanol–water partition coefficient (Wildman–Crippen LogP) is 2.63. The monoisotopic (exact) mass is 421 g/mol. The van der Waals surface area contributed by atoms with E-state index in [4.69, 9.17) is 4.98 Å². The number of allylic oxidation sites excluding steroid dienone is 1. The van der Waals surface area contributed by atoms with Crippen molar-refractivity contribution in [2.24, 2.45) is 25.9 Å². The van der Waals surface area contributed by atoms with E-state index in [1.165, 1.54) is 18.0 Å². The maximum atomic E-state index is 13.0. The van der Waals surface area contributed by atoms with Crippen LogP contribution in [0.25, 0.3) is 17.2 Å². The molecule has 0 spiro atoms. The maximum absolute atomic E-state index is 13.0. The number of imidazole rings is 1. The minimum absolute atomic E-state index is 0.301. The van der Waals surface area contributed by atoms with Gasteiger partial charge in [0, 0.05) is 33.7 Å². The van der Waals surface area contributed by atoms with Crippen molar-refractivity contribution in [3.05, 3.63) is 68.6 Å². The van der Waals surface area contributed by atoms with Crippen molar-refractivity contribution < 1.29 is 0 Å². The number of aromatic nitrogens is 4. The first kappa shape index (κ1) is 21.3. The van der Waals surface area contributed by atoms with Gasteiger partial charge in [-0.25, -0.2) is 9.78 Å². The van der Waals surface area contributed by atoms with Crippen molar-refractivity contribution in [2.45, 2.75) is 33.4 Å². The van der Waals surface area contributed by atoms with Crippen molar-refractivity contribution in [3.8, 4) is 0 Å². The first-order valence-corrected chi connectivity index (χ1v) is 10.9. The van der Waals surface area contributed by atoms with E-state index in [0.717, 1.165) is 29.0 Å². The summed E-state index contributed by atoms with van der Waals surface area (Å²) in [4.78, 5) is 32.7. The van der Waals surface area contributed by atoms with Gasteiger partial charge in [0.25, 0.3) is 5.56 Å². The Morgan fingerprint density at radius 2 is 1.71 bits per heavy atom. The molecule has 0 amide bonds. The Kier molecular flexibility index (Phi) is 5.96. The Morgan fingerprint density at radius 3 is 2.39 bits per heavy atom. The fourth-order valence-electron chi connectivity index (χ4n) is 4.79. The standard InChI is InChI=1S/C24H31N5O2/c1-17-13-18(2)15-28(14-17)16-20-25-22-21(23(30)27(4)24(31)26(22)3)29(20)12-8-11-19-9-6-5-7-10-19/h5-11,17-18H,12-16H2,1-4H3/b11-8+. The summed E-state index contributed by atoms with van der Waals surface area (Å²) in [7, 11) is 3.20. The molecule has 0 radical (unpaired) electrons. The van der Waals surface area contributed by atoms with Gasteiger partial charge in [-0.3, -0.25) is 18.8 Å². The fraction of sp³-hybridized carbons (Fsp3) is 0.458. The Bertz CT molecular complexity index is 1210. The first-order valence-electron chi connectivity index (χ1n) is 10.9. The number of hydrogen-bond donors (Lipinski definition) is 0. The van der Waals surface area contributed by atoms with E-state index in [1.54, 1.807) is 7.05 Å². The number of rotatable bonds is 5. The van der Waals surface area contributed by atoms with Crippen LogP contribution in [0.2, 0.25) is 0 Å². The van der Waals surface area contributed by atoms with Gasteiger partial charge < -0.3 is 4.57 Å². The highest BCUT2D eigenvalue weighted by molar-refractivity contribution is 5.71. The van der Waals surface area contributed by atoms with Crippen molar-refractivity contribution in [3.63, 3.8) is 0 Å². The summed E-state index contributed by atoms with van der Waals surface area (Å²) in [5.41, 5.74) is 1.39. The molecular formula is C24H31N5O2. The zero-order chi connectivity index (χ0) is 22.1. The zero-order valence-electron chi connectivity index (χ0n) is 18.8. The summed E-state index contributed by atoms with van der Waals surface area (Å²) in [6, 6.07) is 10.1. The molecule has 4 rings (SSSR count). The van der Waals surface area contributed by atoms with Crippen LogP contribution < -0.4 is 11.2 Å². The van der Waals surface area contributed by atoms with Gasteiger partial charge in [0.1, 0.15) is 5.82 Å². The van der Waals surface area contributed by atoms with Crippen LogP contribution in [0.1, 0.15) is 31.7 Å². The van der Waals surface area contributed by atoms with Gasteiger partial charge in [0.2, 0.25) is 0 Å². The molecule has 1 fully saturated rings. The third-order valence-electron chi connectivity index (χ3n) is 6.13. The van der Waals surface area contributed by atoms with Gasteiger partial charge in [-0.2, -0.15) is 0 Å². The molecule has 0 saturated carbocycles. The summed E-state index contributed by atoms with van der Waals surface area (Å²) >= 11 is 0. The summed E-state index contributed by atoms with van der Waals surface area (Å²) in [6.45, 7) is 7.79. The molecular weight excluding hydrogens is 390 g/mol. The van der Waals surface area contributed by atoms with Crippen LogP contribution in [-0.2, 0) is 27.2 Å². The van der Waals surface area contributed by atoms with Crippen molar-refractivity contribution in [1.82, 2.24) is 23.6 Å². The molecule has 0 bridgehead atoms. The molecule has 31 heavy (non-hydrogen) atoms. The van der Waals surface area contributed by atoms with Gasteiger partial charge in [0.15, 0.2) is 11.2 Å². The minimum atomic E-state index is -0.353. The molecule has 1 aliphatic heterocycles. The molecule has 7 nitrogen and oxygen atoms in total. The van der Waals surface area contributed by atoms with E-state index in [1.807, 2.05) is 47.1 Å². The molecule has 2 unspecified atom stereocenters. The summed E-state index contributed by atoms with van der Waals surface area (Å²) in [5.74, 6) is 2.10. The van der Waals surface area contributed by atoms with Crippen LogP contribution in [0.4, 0.5) is 0 Å². The second-order valence-electron chi connectivity index (χ2n) is 8.97. The topological polar surface area (TPSA) is 65.1 Å². The molecule has 2 atom stereocenters. The Balaban J connectivity index is 1.76. The maximum Gasteiger partial charge on any atom is 0.332 e. The molecule has 3 heterocycles.